The third kappa shape index (κ3) is 4.88. The molecule has 12 bridgehead atoms. The molecule has 0 aromatic carbocycles. The fraction of sp³-hybridized carbons (Fsp3) is 0.917. The lowest BCUT2D eigenvalue weighted by Gasteiger charge is -2.56. The highest BCUT2D eigenvalue weighted by atomic mass is 16.6. The van der Waals surface area contributed by atoms with Crippen LogP contribution in [0.4, 0.5) is 0 Å². The Morgan fingerprint density at radius 1 is 0.465 bits per heavy atom. The zero-order chi connectivity index (χ0) is 29.2. The van der Waals surface area contributed by atoms with Crippen LogP contribution in [0, 0.1) is 53.3 Å². The van der Waals surface area contributed by atoms with Gasteiger partial charge in [0.2, 0.25) is 0 Å². The van der Waals surface area contributed by atoms with Gasteiger partial charge in [-0.15, -0.1) is 0 Å². The average molecular weight is 595 g/mol. The molecule has 236 valence electrons. The third-order valence-corrected chi connectivity index (χ3v) is 14.2. The van der Waals surface area contributed by atoms with Crippen LogP contribution in [-0.4, -0.2) is 45.4 Å². The fourth-order valence-electron chi connectivity index (χ4n) is 14.0. The number of ether oxygens (including phenoxy) is 3. The van der Waals surface area contributed by atoms with Crippen molar-refractivity contribution in [1.29, 1.82) is 0 Å². The SMILES string of the molecule is O=C(CC(O)(CC(=O)OC12CC3CC(CC(C3)C1)C2)C(=O)OC12CC3CC(CC(C3)C1)C2)OC12CC3CC(CC(C3)C1)C2. The summed E-state index contributed by atoms with van der Waals surface area (Å²) in [6.07, 6.45) is 17.7. The molecule has 0 saturated heterocycles. The lowest BCUT2D eigenvalue weighted by molar-refractivity contribution is -0.216. The smallest absolute Gasteiger partial charge is 0.339 e. The van der Waals surface area contributed by atoms with Crippen LogP contribution in [-0.2, 0) is 28.6 Å². The summed E-state index contributed by atoms with van der Waals surface area (Å²) in [7, 11) is 0. The van der Waals surface area contributed by atoms with Gasteiger partial charge in [0, 0.05) is 0 Å². The number of hydrogen-bond donors (Lipinski definition) is 1. The van der Waals surface area contributed by atoms with Gasteiger partial charge in [-0.25, -0.2) is 4.79 Å². The van der Waals surface area contributed by atoms with Crippen molar-refractivity contribution in [2.45, 2.75) is 151 Å². The first-order chi connectivity index (χ1) is 20.5. The summed E-state index contributed by atoms with van der Waals surface area (Å²) in [6.45, 7) is 0. The number of carbonyl (C=O) groups excluding carboxylic acids is 3. The second kappa shape index (κ2) is 9.45. The predicted octanol–water partition coefficient (Wildman–Crippen LogP) is 6.03. The van der Waals surface area contributed by atoms with E-state index in [1.807, 2.05) is 0 Å². The maximum absolute atomic E-state index is 14.1. The highest BCUT2D eigenvalue weighted by Crippen LogP contribution is 2.60. The molecule has 12 aliphatic rings. The molecule has 0 aromatic rings. The van der Waals surface area contributed by atoms with E-state index in [0.717, 1.165) is 57.8 Å². The molecule has 0 amide bonds. The molecule has 0 aliphatic heterocycles. The maximum Gasteiger partial charge on any atom is 0.339 e. The van der Waals surface area contributed by atoms with Gasteiger partial charge in [-0.3, -0.25) is 9.59 Å². The molecule has 0 aromatic heterocycles. The van der Waals surface area contributed by atoms with Crippen LogP contribution in [0.5, 0.6) is 0 Å². The van der Waals surface area contributed by atoms with Crippen molar-refractivity contribution >= 4 is 17.9 Å². The molecule has 1 N–H and O–H groups in total. The van der Waals surface area contributed by atoms with Crippen molar-refractivity contribution < 1.29 is 33.7 Å². The van der Waals surface area contributed by atoms with Crippen LogP contribution < -0.4 is 0 Å². The van der Waals surface area contributed by atoms with Crippen LogP contribution >= 0.6 is 0 Å². The maximum atomic E-state index is 14.1. The van der Waals surface area contributed by atoms with Crippen molar-refractivity contribution in [3.8, 4) is 0 Å². The number of carbonyl (C=O) groups is 3. The quantitative estimate of drug-likeness (QED) is 0.270. The van der Waals surface area contributed by atoms with Gasteiger partial charge in [0.05, 0.1) is 12.8 Å². The van der Waals surface area contributed by atoms with Crippen molar-refractivity contribution in [3.05, 3.63) is 0 Å². The topological polar surface area (TPSA) is 99.1 Å². The molecule has 0 spiro atoms. The van der Waals surface area contributed by atoms with Gasteiger partial charge >= 0.3 is 17.9 Å². The summed E-state index contributed by atoms with van der Waals surface area (Å²) in [5.74, 6) is 3.36. The van der Waals surface area contributed by atoms with E-state index in [4.69, 9.17) is 14.2 Å². The highest BCUT2D eigenvalue weighted by Gasteiger charge is 2.58. The highest BCUT2D eigenvalue weighted by molar-refractivity contribution is 5.90. The van der Waals surface area contributed by atoms with E-state index in [-0.39, 0.29) is 0 Å². The van der Waals surface area contributed by atoms with E-state index in [1.165, 1.54) is 57.8 Å². The first-order valence-electron chi connectivity index (χ1n) is 17.9. The molecule has 0 atom stereocenters. The number of hydrogen-bond acceptors (Lipinski definition) is 7. The predicted molar refractivity (Wildman–Crippen MR) is 155 cm³/mol. The summed E-state index contributed by atoms with van der Waals surface area (Å²) >= 11 is 0. The normalized spacial score (nSPS) is 50.9. The molecule has 12 saturated carbocycles. The second-order valence-corrected chi connectivity index (χ2v) is 18.0. The van der Waals surface area contributed by atoms with E-state index in [1.54, 1.807) is 0 Å². The third-order valence-electron chi connectivity index (χ3n) is 14.2. The van der Waals surface area contributed by atoms with Gasteiger partial charge in [0.1, 0.15) is 16.8 Å². The monoisotopic (exact) mass is 594 g/mol. The first kappa shape index (κ1) is 27.7. The Kier molecular flexibility index (Phi) is 6.08. The minimum atomic E-state index is -2.28. The molecule has 43 heavy (non-hydrogen) atoms. The molecule has 12 fully saturated rings. The van der Waals surface area contributed by atoms with Gasteiger partial charge in [0.15, 0.2) is 5.60 Å². The summed E-state index contributed by atoms with van der Waals surface area (Å²) in [5.41, 5.74) is -3.80. The molecule has 0 unspecified atom stereocenters. The van der Waals surface area contributed by atoms with Crippen molar-refractivity contribution in [3.63, 3.8) is 0 Å². The Bertz CT molecular complexity index is 1040. The lowest BCUT2D eigenvalue weighted by atomic mass is 9.54. The van der Waals surface area contributed by atoms with E-state index in [0.29, 0.717) is 53.3 Å². The molecule has 7 heteroatoms. The Hall–Kier alpha value is -1.63. The largest absolute Gasteiger partial charge is 0.459 e. The molecular formula is C36H50O7. The van der Waals surface area contributed by atoms with Gasteiger partial charge in [0.25, 0.3) is 0 Å². The van der Waals surface area contributed by atoms with E-state index in [2.05, 4.69) is 0 Å². The summed E-state index contributed by atoms with van der Waals surface area (Å²) in [6, 6.07) is 0. The Balaban J connectivity index is 0.938. The number of rotatable bonds is 8. The minimum Gasteiger partial charge on any atom is -0.459 e. The van der Waals surface area contributed by atoms with Crippen LogP contribution in [0.2, 0.25) is 0 Å². The number of aliphatic hydroxyl groups is 1. The van der Waals surface area contributed by atoms with E-state index < -0.39 is 53.2 Å². The van der Waals surface area contributed by atoms with Crippen LogP contribution in [0.3, 0.4) is 0 Å². The number of esters is 3. The molecule has 0 heterocycles. The Morgan fingerprint density at radius 2 is 0.698 bits per heavy atom. The molecule has 0 radical (unpaired) electrons. The van der Waals surface area contributed by atoms with Gasteiger partial charge < -0.3 is 19.3 Å². The Morgan fingerprint density at radius 3 is 0.953 bits per heavy atom. The standard InChI is InChI=1S/C36H50O7/c37-30(41-33-10-21-1-22(11-33)3-23(2-21)12-33)19-36(40,32(39)43-35-16-27-7-28(17-35)9-29(8-27)18-35)20-31(38)42-34-13-24-4-25(14-34)6-26(5-24)15-34/h21-29,40H,1-20H2. The molecule has 12 rings (SSSR count). The summed E-state index contributed by atoms with van der Waals surface area (Å²) in [4.78, 5) is 41.4. The van der Waals surface area contributed by atoms with Crippen molar-refractivity contribution in [1.82, 2.24) is 0 Å². The molecule has 7 nitrogen and oxygen atoms in total. The van der Waals surface area contributed by atoms with Crippen LogP contribution in [0.15, 0.2) is 0 Å². The van der Waals surface area contributed by atoms with Gasteiger partial charge in [-0.05, 0) is 169 Å². The van der Waals surface area contributed by atoms with Crippen molar-refractivity contribution in [2.75, 3.05) is 0 Å². The van der Waals surface area contributed by atoms with Gasteiger partial charge in [-0.2, -0.15) is 0 Å². The zero-order valence-corrected chi connectivity index (χ0v) is 25.7. The zero-order valence-electron chi connectivity index (χ0n) is 25.7. The van der Waals surface area contributed by atoms with Crippen LogP contribution in [0.1, 0.15) is 128 Å². The van der Waals surface area contributed by atoms with E-state index in [9.17, 15) is 19.5 Å². The van der Waals surface area contributed by atoms with Crippen LogP contribution in [0.25, 0.3) is 0 Å². The lowest BCUT2D eigenvalue weighted by Crippen LogP contribution is -2.57. The second-order valence-electron chi connectivity index (χ2n) is 18.0. The molecular weight excluding hydrogens is 544 g/mol. The Labute approximate surface area is 255 Å². The summed E-state index contributed by atoms with van der Waals surface area (Å²) in [5, 5.41) is 12.1. The fourth-order valence-corrected chi connectivity index (χ4v) is 14.0. The molecule has 12 aliphatic carbocycles. The van der Waals surface area contributed by atoms with E-state index >= 15 is 0 Å². The first-order valence-corrected chi connectivity index (χ1v) is 17.9. The van der Waals surface area contributed by atoms with Gasteiger partial charge in [-0.1, -0.05) is 0 Å². The van der Waals surface area contributed by atoms with Crippen molar-refractivity contribution in [2.24, 2.45) is 53.3 Å². The summed E-state index contributed by atoms with van der Waals surface area (Å²) < 4.78 is 18.8. The minimum absolute atomic E-state index is 0.476. The average Bonchev–Trinajstić information content (AvgIpc) is 2.85.